The number of thiazole rings is 1. The van der Waals surface area contributed by atoms with Gasteiger partial charge in [-0.25, -0.2) is 15.0 Å². The third kappa shape index (κ3) is 7.55. The molecule has 0 spiro atoms. The fraction of sp³-hybridized carbons (Fsp3) is 0.516. The number of carbonyl (C=O) groups is 2. The Labute approximate surface area is 246 Å². The molecule has 1 atom stereocenters. The summed E-state index contributed by atoms with van der Waals surface area (Å²) in [6.45, 7) is 9.96. The van der Waals surface area contributed by atoms with E-state index in [1.165, 1.54) is 36.1 Å². The SMILES string of the molecule is CCC[C@@H]1CCCN1Cc1sc(CC(=O)c2cnc(N3CCN(CCC(=O)O)CC3)cn2)nc1-c1cccc(C)c1. The Hall–Kier alpha value is -3.21. The van der Waals surface area contributed by atoms with Crippen molar-refractivity contribution in [3.8, 4) is 11.3 Å². The molecule has 4 heterocycles. The Kier molecular flexibility index (Phi) is 9.74. The molecule has 10 heteroatoms. The number of aromatic nitrogens is 3. The highest BCUT2D eigenvalue weighted by Crippen LogP contribution is 2.33. The largest absolute Gasteiger partial charge is 0.481 e. The van der Waals surface area contributed by atoms with Crippen LogP contribution < -0.4 is 4.90 Å². The second kappa shape index (κ2) is 13.6. The molecule has 218 valence electrons. The second-order valence-corrected chi connectivity index (χ2v) is 12.3. The fourth-order valence-electron chi connectivity index (χ4n) is 5.86. The van der Waals surface area contributed by atoms with E-state index in [4.69, 9.17) is 10.1 Å². The van der Waals surface area contributed by atoms with E-state index in [0.29, 0.717) is 18.3 Å². The normalized spacial score (nSPS) is 18.2. The third-order valence-electron chi connectivity index (χ3n) is 8.07. The number of carbonyl (C=O) groups excluding carboxylic acids is 1. The number of nitrogens with zero attached hydrogens (tertiary/aromatic N) is 6. The van der Waals surface area contributed by atoms with Crippen LogP contribution in [0, 0.1) is 6.92 Å². The summed E-state index contributed by atoms with van der Waals surface area (Å²) in [5.74, 6) is -0.111. The van der Waals surface area contributed by atoms with Gasteiger partial charge in [-0.15, -0.1) is 11.3 Å². The Balaban J connectivity index is 1.26. The summed E-state index contributed by atoms with van der Waals surface area (Å²) >= 11 is 1.65. The van der Waals surface area contributed by atoms with E-state index in [0.717, 1.165) is 61.4 Å². The third-order valence-corrected chi connectivity index (χ3v) is 9.11. The molecule has 1 aromatic carbocycles. The number of Topliss-reactive ketones (excluding diaryl/α,β-unsaturated/α-hetero) is 1. The molecule has 2 aliphatic heterocycles. The van der Waals surface area contributed by atoms with Crippen molar-refractivity contribution in [1.29, 1.82) is 0 Å². The predicted octanol–water partition coefficient (Wildman–Crippen LogP) is 4.70. The van der Waals surface area contributed by atoms with Gasteiger partial charge in [0.05, 0.1) is 30.9 Å². The van der Waals surface area contributed by atoms with Gasteiger partial charge in [0.25, 0.3) is 0 Å². The number of hydrogen-bond donors (Lipinski definition) is 1. The van der Waals surface area contributed by atoms with Gasteiger partial charge in [0, 0.05) is 55.8 Å². The number of piperazine rings is 1. The van der Waals surface area contributed by atoms with E-state index in [2.05, 4.69) is 62.8 Å². The molecule has 2 aromatic heterocycles. The van der Waals surface area contributed by atoms with Gasteiger partial charge in [0.1, 0.15) is 16.5 Å². The number of carboxylic acids is 1. The molecule has 2 aliphatic rings. The lowest BCUT2D eigenvalue weighted by molar-refractivity contribution is -0.137. The molecule has 0 radical (unpaired) electrons. The van der Waals surface area contributed by atoms with Crippen LogP contribution in [0.25, 0.3) is 11.3 Å². The summed E-state index contributed by atoms with van der Waals surface area (Å²) in [6.07, 6.45) is 8.52. The maximum Gasteiger partial charge on any atom is 0.304 e. The molecule has 1 N–H and O–H groups in total. The number of carboxylic acid groups (broad SMARTS) is 1. The molecule has 2 saturated heterocycles. The van der Waals surface area contributed by atoms with E-state index in [1.807, 2.05) is 0 Å². The quantitative estimate of drug-likeness (QED) is 0.308. The van der Waals surface area contributed by atoms with Gasteiger partial charge in [-0.3, -0.25) is 19.4 Å². The average molecular weight is 577 g/mol. The minimum Gasteiger partial charge on any atom is -0.481 e. The Morgan fingerprint density at radius 3 is 2.63 bits per heavy atom. The van der Waals surface area contributed by atoms with Crippen molar-refractivity contribution in [2.24, 2.45) is 0 Å². The molecule has 3 aromatic rings. The number of likely N-dealkylation sites (tertiary alicyclic amines) is 1. The molecule has 9 nitrogen and oxygen atoms in total. The van der Waals surface area contributed by atoms with Crippen LogP contribution in [0.3, 0.4) is 0 Å². The van der Waals surface area contributed by atoms with E-state index in [-0.39, 0.29) is 18.6 Å². The fourth-order valence-corrected chi connectivity index (χ4v) is 6.97. The molecule has 0 amide bonds. The highest BCUT2D eigenvalue weighted by molar-refractivity contribution is 7.12. The zero-order valence-electron chi connectivity index (χ0n) is 24.1. The molecular formula is C31H40N6O3S. The molecule has 0 bridgehead atoms. The molecule has 41 heavy (non-hydrogen) atoms. The minimum atomic E-state index is -0.772. The van der Waals surface area contributed by atoms with Crippen LogP contribution in [0.2, 0.25) is 0 Å². The van der Waals surface area contributed by atoms with Gasteiger partial charge in [-0.1, -0.05) is 37.1 Å². The van der Waals surface area contributed by atoms with Crippen LogP contribution in [0.4, 0.5) is 5.82 Å². The minimum absolute atomic E-state index is 0.0799. The van der Waals surface area contributed by atoms with Crippen molar-refractivity contribution in [1.82, 2.24) is 24.8 Å². The van der Waals surface area contributed by atoms with E-state index in [9.17, 15) is 9.59 Å². The predicted molar refractivity (Wildman–Crippen MR) is 162 cm³/mol. The number of aryl methyl sites for hydroxylation is 1. The summed E-state index contributed by atoms with van der Waals surface area (Å²) in [5, 5.41) is 9.73. The monoisotopic (exact) mass is 576 g/mol. The molecular weight excluding hydrogens is 536 g/mol. The Morgan fingerprint density at radius 1 is 1.10 bits per heavy atom. The van der Waals surface area contributed by atoms with Crippen LogP contribution in [0.15, 0.2) is 36.7 Å². The van der Waals surface area contributed by atoms with Crippen molar-refractivity contribution in [2.45, 2.75) is 65.0 Å². The average Bonchev–Trinajstić information content (AvgIpc) is 3.59. The van der Waals surface area contributed by atoms with E-state index < -0.39 is 5.97 Å². The number of ketones is 1. The standard InChI is InChI=1S/C31H40N6O3S/c1-3-6-24-9-5-11-37(24)21-27-31(23-8-4-7-22(2)17-23)34-29(41-27)18-26(38)25-19-33-28(20-32-25)36-15-13-35(14-16-36)12-10-30(39)40/h4,7-8,17,19-20,24H,3,5-6,9-16,18,21H2,1-2H3,(H,39,40)/t24-/m1/s1. The maximum atomic E-state index is 13.3. The van der Waals surface area contributed by atoms with Crippen LogP contribution in [0.5, 0.6) is 0 Å². The zero-order chi connectivity index (χ0) is 28.8. The van der Waals surface area contributed by atoms with Crippen LogP contribution in [-0.4, -0.2) is 86.9 Å². The van der Waals surface area contributed by atoms with Gasteiger partial charge in [0.2, 0.25) is 0 Å². The lowest BCUT2D eigenvalue weighted by Crippen LogP contribution is -2.47. The molecule has 2 fully saturated rings. The first-order valence-electron chi connectivity index (χ1n) is 14.7. The van der Waals surface area contributed by atoms with Crippen LogP contribution in [-0.2, 0) is 17.8 Å². The summed E-state index contributed by atoms with van der Waals surface area (Å²) in [4.78, 5) is 46.2. The van der Waals surface area contributed by atoms with E-state index >= 15 is 0 Å². The van der Waals surface area contributed by atoms with Crippen molar-refractivity contribution >= 4 is 28.9 Å². The number of rotatable bonds is 12. The van der Waals surface area contributed by atoms with Gasteiger partial charge < -0.3 is 10.0 Å². The summed E-state index contributed by atoms with van der Waals surface area (Å²) in [7, 11) is 0. The Morgan fingerprint density at radius 2 is 1.93 bits per heavy atom. The maximum absolute atomic E-state index is 13.3. The molecule has 0 aliphatic carbocycles. The lowest BCUT2D eigenvalue weighted by Gasteiger charge is -2.34. The number of benzene rings is 1. The van der Waals surface area contributed by atoms with Gasteiger partial charge in [0.15, 0.2) is 5.78 Å². The van der Waals surface area contributed by atoms with Gasteiger partial charge in [-0.05, 0) is 38.8 Å². The zero-order valence-corrected chi connectivity index (χ0v) is 24.9. The van der Waals surface area contributed by atoms with Crippen molar-refractivity contribution in [3.63, 3.8) is 0 Å². The van der Waals surface area contributed by atoms with Crippen molar-refractivity contribution < 1.29 is 14.7 Å². The summed E-state index contributed by atoms with van der Waals surface area (Å²) in [5.41, 5.74) is 3.65. The smallest absolute Gasteiger partial charge is 0.304 e. The molecule has 5 rings (SSSR count). The highest BCUT2D eigenvalue weighted by atomic mass is 32.1. The first-order valence-corrected chi connectivity index (χ1v) is 15.5. The van der Waals surface area contributed by atoms with Gasteiger partial charge >= 0.3 is 5.97 Å². The second-order valence-electron chi connectivity index (χ2n) is 11.1. The number of hydrogen-bond acceptors (Lipinski definition) is 9. The van der Waals surface area contributed by atoms with Crippen molar-refractivity contribution in [2.75, 3.05) is 44.2 Å². The van der Waals surface area contributed by atoms with E-state index in [1.54, 1.807) is 23.7 Å². The van der Waals surface area contributed by atoms with Gasteiger partial charge in [-0.2, -0.15) is 0 Å². The molecule has 0 unspecified atom stereocenters. The molecule has 0 saturated carbocycles. The van der Waals surface area contributed by atoms with Crippen molar-refractivity contribution in [3.05, 3.63) is 57.8 Å². The first-order chi connectivity index (χ1) is 19.9. The van der Waals surface area contributed by atoms with Crippen LogP contribution in [0.1, 0.15) is 65.0 Å². The Bertz CT molecular complexity index is 1340. The summed E-state index contributed by atoms with van der Waals surface area (Å²) < 4.78 is 0. The number of anilines is 1. The number of aliphatic carboxylic acids is 1. The lowest BCUT2D eigenvalue weighted by atomic mass is 10.1. The first kappa shape index (κ1) is 29.3. The highest BCUT2D eigenvalue weighted by Gasteiger charge is 2.27. The van der Waals surface area contributed by atoms with Crippen LogP contribution >= 0.6 is 11.3 Å². The summed E-state index contributed by atoms with van der Waals surface area (Å²) in [6, 6.07) is 9.08. The topological polar surface area (TPSA) is 103 Å².